The Balaban J connectivity index is 3.49. The number of urea groups is 1. The molecule has 0 saturated carbocycles. The van der Waals surface area contributed by atoms with Crippen molar-refractivity contribution in [3.05, 3.63) is 0 Å². The molecule has 0 fully saturated rings. The second-order valence-corrected chi connectivity index (χ2v) is 1.69. The average Bonchev–Trinajstić information content (AvgIpc) is 1.82. The highest BCUT2D eigenvalue weighted by atomic mass is 16.4. The predicted molar refractivity (Wildman–Crippen MR) is 33.2 cm³/mol. The number of primary amides is 1. The van der Waals surface area contributed by atoms with Crippen LogP contribution in [0.25, 0.3) is 0 Å². The van der Waals surface area contributed by atoms with Gasteiger partial charge in [0.2, 0.25) is 0 Å². The van der Waals surface area contributed by atoms with Crippen molar-refractivity contribution in [2.45, 2.75) is 6.04 Å². The van der Waals surface area contributed by atoms with Crippen LogP contribution in [0.1, 0.15) is 0 Å². The first-order valence-electron chi connectivity index (χ1n) is 2.55. The molecule has 0 saturated heterocycles. The third kappa shape index (κ3) is 3.67. The Labute approximate surface area is 57.2 Å². The molecule has 10 heavy (non-hydrogen) atoms. The average molecular weight is 147 g/mol. The third-order valence-electron chi connectivity index (χ3n) is 0.813. The summed E-state index contributed by atoms with van der Waals surface area (Å²) in [5, 5.41) is 10.2. The van der Waals surface area contributed by atoms with Gasteiger partial charge in [-0.2, -0.15) is 0 Å². The lowest BCUT2D eigenvalue weighted by atomic mass is 10.3. The smallest absolute Gasteiger partial charge is 0.322 e. The molecule has 0 aromatic carbocycles. The Morgan fingerprint density at radius 2 is 2.10 bits per heavy atom. The summed E-state index contributed by atoms with van der Waals surface area (Å²) in [7, 11) is 0. The lowest BCUT2D eigenvalue weighted by molar-refractivity contribution is -0.138. The monoisotopic (exact) mass is 147 g/mol. The van der Waals surface area contributed by atoms with Crippen molar-refractivity contribution < 1.29 is 14.7 Å². The van der Waals surface area contributed by atoms with E-state index in [1.165, 1.54) is 0 Å². The maximum atomic E-state index is 9.99. The van der Waals surface area contributed by atoms with Crippen LogP contribution in [0.15, 0.2) is 0 Å². The van der Waals surface area contributed by atoms with Crippen LogP contribution in [0.2, 0.25) is 0 Å². The van der Waals surface area contributed by atoms with Crippen LogP contribution in [-0.2, 0) is 4.79 Å². The number of nitrogens with two attached hydrogens (primary N) is 2. The molecule has 6 nitrogen and oxygen atoms in total. The van der Waals surface area contributed by atoms with Gasteiger partial charge in [-0.15, -0.1) is 0 Å². The first-order chi connectivity index (χ1) is 4.54. The molecule has 0 unspecified atom stereocenters. The minimum atomic E-state index is -1.17. The van der Waals surface area contributed by atoms with E-state index >= 15 is 0 Å². The van der Waals surface area contributed by atoms with Crippen LogP contribution in [0.5, 0.6) is 0 Å². The lowest BCUT2D eigenvalue weighted by Gasteiger charge is -2.04. The Morgan fingerprint density at radius 3 is 2.40 bits per heavy atom. The standard InChI is InChI=1S/C4H9N3O3/c5-2(3(8)9)1-7-4(6)10/h2H,1,5H2,(H,8,9)(H3,6,7,10)/t2-/m1/s1. The molecule has 2 amide bonds. The topological polar surface area (TPSA) is 118 Å². The van der Waals surface area contributed by atoms with Crippen LogP contribution >= 0.6 is 0 Å². The van der Waals surface area contributed by atoms with Gasteiger partial charge in [0.15, 0.2) is 0 Å². The molecule has 0 aromatic rings. The Bertz CT molecular complexity index is 147. The zero-order valence-electron chi connectivity index (χ0n) is 5.20. The van der Waals surface area contributed by atoms with Gasteiger partial charge < -0.3 is 21.9 Å². The van der Waals surface area contributed by atoms with E-state index < -0.39 is 18.0 Å². The van der Waals surface area contributed by atoms with E-state index in [1.54, 1.807) is 0 Å². The Morgan fingerprint density at radius 1 is 1.60 bits per heavy atom. The molecule has 0 aromatic heterocycles. The fraction of sp³-hybridized carbons (Fsp3) is 0.500. The Hall–Kier alpha value is -1.30. The molecule has 6 N–H and O–H groups in total. The molecule has 0 aliphatic heterocycles. The van der Waals surface area contributed by atoms with Crippen LogP contribution in [0, 0.1) is 0 Å². The van der Waals surface area contributed by atoms with Crippen molar-refractivity contribution in [1.82, 2.24) is 5.32 Å². The van der Waals surface area contributed by atoms with E-state index in [2.05, 4.69) is 11.1 Å². The number of aliphatic carboxylic acids is 1. The van der Waals surface area contributed by atoms with E-state index in [0.717, 1.165) is 0 Å². The quantitative estimate of drug-likeness (QED) is 0.371. The van der Waals surface area contributed by atoms with Gasteiger partial charge in [0.1, 0.15) is 6.04 Å². The van der Waals surface area contributed by atoms with E-state index in [4.69, 9.17) is 10.8 Å². The highest BCUT2D eigenvalue weighted by molar-refractivity contribution is 5.76. The van der Waals surface area contributed by atoms with Crippen molar-refractivity contribution in [3.8, 4) is 0 Å². The first-order valence-corrected chi connectivity index (χ1v) is 2.55. The summed E-state index contributed by atoms with van der Waals surface area (Å²) in [6.07, 6.45) is 0. The largest absolute Gasteiger partial charge is 0.480 e. The Kier molecular flexibility index (Phi) is 3.20. The van der Waals surface area contributed by atoms with Gasteiger partial charge in [-0.3, -0.25) is 4.79 Å². The summed E-state index contributed by atoms with van der Waals surface area (Å²) in [5.41, 5.74) is 9.64. The van der Waals surface area contributed by atoms with Gasteiger partial charge in [-0.1, -0.05) is 0 Å². The van der Waals surface area contributed by atoms with Crippen LogP contribution in [-0.4, -0.2) is 29.7 Å². The van der Waals surface area contributed by atoms with E-state index in [-0.39, 0.29) is 6.54 Å². The molecule has 0 aliphatic rings. The molecule has 0 radical (unpaired) electrons. The molecule has 0 aliphatic carbocycles. The van der Waals surface area contributed by atoms with E-state index in [0.29, 0.717) is 0 Å². The molecule has 0 bridgehead atoms. The zero-order valence-corrected chi connectivity index (χ0v) is 5.20. The number of carboxylic acid groups (broad SMARTS) is 1. The molecule has 1 atom stereocenters. The van der Waals surface area contributed by atoms with Crippen LogP contribution in [0.4, 0.5) is 4.79 Å². The number of carbonyl (C=O) groups excluding carboxylic acids is 1. The summed E-state index contributed by atoms with van der Waals surface area (Å²) >= 11 is 0. The third-order valence-corrected chi connectivity index (χ3v) is 0.813. The number of rotatable bonds is 3. The number of hydrogen-bond acceptors (Lipinski definition) is 3. The van der Waals surface area contributed by atoms with Crippen LogP contribution in [0.3, 0.4) is 0 Å². The molecular formula is C4H9N3O3. The first kappa shape index (κ1) is 8.70. The fourth-order valence-electron chi connectivity index (χ4n) is 0.298. The molecule has 6 heteroatoms. The number of nitrogens with one attached hydrogen (secondary N) is 1. The number of hydrogen-bond donors (Lipinski definition) is 4. The molecule has 0 rings (SSSR count). The lowest BCUT2D eigenvalue weighted by Crippen LogP contribution is -2.44. The molecule has 0 spiro atoms. The second kappa shape index (κ2) is 3.67. The van der Waals surface area contributed by atoms with Crippen LogP contribution < -0.4 is 16.8 Å². The second-order valence-electron chi connectivity index (χ2n) is 1.69. The summed E-state index contributed by atoms with van der Waals surface area (Å²) < 4.78 is 0. The predicted octanol–water partition coefficient (Wildman–Crippen LogP) is -1.93. The summed E-state index contributed by atoms with van der Waals surface area (Å²) in [6, 6.07) is -1.87. The molecule has 58 valence electrons. The zero-order chi connectivity index (χ0) is 8.15. The van der Waals surface area contributed by atoms with E-state index in [9.17, 15) is 9.59 Å². The summed E-state index contributed by atoms with van der Waals surface area (Å²) in [5.74, 6) is -1.17. The fourth-order valence-corrected chi connectivity index (χ4v) is 0.298. The van der Waals surface area contributed by atoms with Crippen molar-refractivity contribution in [3.63, 3.8) is 0 Å². The maximum absolute atomic E-state index is 9.99. The normalized spacial score (nSPS) is 12.1. The number of carboxylic acids is 1. The molecular weight excluding hydrogens is 138 g/mol. The minimum Gasteiger partial charge on any atom is -0.480 e. The minimum absolute atomic E-state index is 0.148. The van der Waals surface area contributed by atoms with Crippen molar-refractivity contribution in [2.75, 3.05) is 6.54 Å². The van der Waals surface area contributed by atoms with Crippen molar-refractivity contribution >= 4 is 12.0 Å². The highest BCUT2D eigenvalue weighted by Crippen LogP contribution is 1.73. The van der Waals surface area contributed by atoms with Gasteiger partial charge in [0, 0.05) is 6.54 Å². The van der Waals surface area contributed by atoms with E-state index in [1.807, 2.05) is 0 Å². The maximum Gasteiger partial charge on any atom is 0.322 e. The van der Waals surface area contributed by atoms with Gasteiger partial charge in [-0.25, -0.2) is 4.79 Å². The van der Waals surface area contributed by atoms with Gasteiger partial charge >= 0.3 is 12.0 Å². The van der Waals surface area contributed by atoms with Crippen molar-refractivity contribution in [2.24, 2.45) is 11.5 Å². The molecule has 0 heterocycles. The highest BCUT2D eigenvalue weighted by Gasteiger charge is 2.10. The van der Waals surface area contributed by atoms with Gasteiger partial charge in [-0.05, 0) is 0 Å². The SMILES string of the molecule is NC(=O)NC[C@@H](N)C(=O)O. The number of amides is 2. The van der Waals surface area contributed by atoms with Gasteiger partial charge in [0.25, 0.3) is 0 Å². The number of carbonyl (C=O) groups is 2. The van der Waals surface area contributed by atoms with Crippen molar-refractivity contribution in [1.29, 1.82) is 0 Å². The van der Waals surface area contributed by atoms with Gasteiger partial charge in [0.05, 0.1) is 0 Å². The summed E-state index contributed by atoms with van der Waals surface area (Å²) in [4.78, 5) is 20.0. The summed E-state index contributed by atoms with van der Waals surface area (Å²) in [6.45, 7) is -0.148.